The number of ether oxygens (including phenoxy) is 1. The SMILES string of the molecule is CCOc1cncc(C(O)CCSC)c1. The lowest BCUT2D eigenvalue weighted by Gasteiger charge is -2.11. The molecule has 0 saturated heterocycles. The first-order chi connectivity index (χ1) is 7.27. The number of rotatable bonds is 6. The average Bonchev–Trinajstić information content (AvgIpc) is 2.27. The third-order valence-corrected chi connectivity index (χ3v) is 2.67. The first-order valence-corrected chi connectivity index (χ1v) is 6.42. The summed E-state index contributed by atoms with van der Waals surface area (Å²) in [7, 11) is 0. The molecule has 4 heteroatoms. The Morgan fingerprint density at radius 3 is 3.00 bits per heavy atom. The van der Waals surface area contributed by atoms with Crippen molar-refractivity contribution in [1.29, 1.82) is 0 Å². The molecule has 0 aliphatic heterocycles. The first-order valence-electron chi connectivity index (χ1n) is 5.02. The van der Waals surface area contributed by atoms with E-state index < -0.39 is 6.10 Å². The molecule has 1 aromatic rings. The Labute approximate surface area is 94.9 Å². The summed E-state index contributed by atoms with van der Waals surface area (Å²) < 4.78 is 5.32. The molecular weight excluding hydrogens is 210 g/mol. The van der Waals surface area contributed by atoms with Crippen LogP contribution in [0.3, 0.4) is 0 Å². The minimum absolute atomic E-state index is 0.439. The summed E-state index contributed by atoms with van der Waals surface area (Å²) >= 11 is 1.73. The molecule has 0 spiro atoms. The van der Waals surface area contributed by atoms with E-state index >= 15 is 0 Å². The quantitative estimate of drug-likeness (QED) is 0.809. The van der Waals surface area contributed by atoms with Gasteiger partial charge in [-0.15, -0.1) is 0 Å². The molecule has 15 heavy (non-hydrogen) atoms. The molecule has 0 aliphatic carbocycles. The van der Waals surface area contributed by atoms with Crippen molar-refractivity contribution in [3.8, 4) is 5.75 Å². The van der Waals surface area contributed by atoms with Gasteiger partial charge in [0, 0.05) is 11.8 Å². The predicted molar refractivity (Wildman–Crippen MR) is 63.4 cm³/mol. The number of aliphatic hydroxyl groups is 1. The van der Waals surface area contributed by atoms with Gasteiger partial charge in [0.2, 0.25) is 0 Å². The van der Waals surface area contributed by atoms with E-state index in [4.69, 9.17) is 4.74 Å². The third-order valence-electron chi connectivity index (χ3n) is 2.03. The van der Waals surface area contributed by atoms with Crippen LogP contribution in [0.4, 0.5) is 0 Å². The van der Waals surface area contributed by atoms with E-state index in [1.807, 2.05) is 19.2 Å². The summed E-state index contributed by atoms with van der Waals surface area (Å²) in [5.41, 5.74) is 0.829. The molecule has 84 valence electrons. The zero-order valence-electron chi connectivity index (χ0n) is 9.14. The van der Waals surface area contributed by atoms with Crippen molar-refractivity contribution in [2.45, 2.75) is 19.4 Å². The zero-order chi connectivity index (χ0) is 11.1. The van der Waals surface area contributed by atoms with Crippen LogP contribution in [0.1, 0.15) is 25.0 Å². The van der Waals surface area contributed by atoms with E-state index in [-0.39, 0.29) is 0 Å². The fraction of sp³-hybridized carbons (Fsp3) is 0.545. The van der Waals surface area contributed by atoms with E-state index in [9.17, 15) is 5.11 Å². The van der Waals surface area contributed by atoms with Gasteiger partial charge in [0.05, 0.1) is 18.9 Å². The number of hydrogen-bond donors (Lipinski definition) is 1. The molecule has 0 aliphatic rings. The maximum absolute atomic E-state index is 9.84. The van der Waals surface area contributed by atoms with Crippen LogP contribution in [0.15, 0.2) is 18.5 Å². The second-order valence-corrected chi connectivity index (χ2v) is 4.17. The Bertz CT molecular complexity index is 294. The normalized spacial score (nSPS) is 12.5. The maximum Gasteiger partial charge on any atom is 0.137 e. The Kier molecular flexibility index (Phi) is 5.50. The highest BCUT2D eigenvalue weighted by atomic mass is 32.2. The van der Waals surface area contributed by atoms with Crippen LogP contribution in [0, 0.1) is 0 Å². The van der Waals surface area contributed by atoms with Crippen LogP contribution in [0.2, 0.25) is 0 Å². The average molecular weight is 227 g/mol. The van der Waals surface area contributed by atoms with E-state index in [0.29, 0.717) is 6.61 Å². The molecule has 0 saturated carbocycles. The molecule has 1 atom stereocenters. The van der Waals surface area contributed by atoms with Gasteiger partial charge >= 0.3 is 0 Å². The standard InChI is InChI=1S/C11H17NO2S/c1-3-14-10-6-9(7-12-8-10)11(13)4-5-15-2/h6-8,11,13H,3-5H2,1-2H3. The van der Waals surface area contributed by atoms with Crippen LogP contribution < -0.4 is 4.74 Å². The molecule has 1 aromatic heterocycles. The van der Waals surface area contributed by atoms with E-state index in [1.165, 1.54) is 0 Å². The molecule has 0 bridgehead atoms. The molecule has 3 nitrogen and oxygen atoms in total. The van der Waals surface area contributed by atoms with Crippen LogP contribution in [-0.4, -0.2) is 28.7 Å². The van der Waals surface area contributed by atoms with Crippen molar-refractivity contribution in [3.05, 3.63) is 24.0 Å². The molecule has 0 aromatic carbocycles. The summed E-state index contributed by atoms with van der Waals surface area (Å²) in [4.78, 5) is 4.04. The smallest absolute Gasteiger partial charge is 0.137 e. The van der Waals surface area contributed by atoms with E-state index in [2.05, 4.69) is 4.98 Å². The summed E-state index contributed by atoms with van der Waals surface area (Å²) in [6, 6.07) is 1.85. The number of thioether (sulfide) groups is 1. The minimum Gasteiger partial charge on any atom is -0.492 e. The minimum atomic E-state index is -0.439. The third kappa shape index (κ3) is 4.10. The molecule has 1 rings (SSSR count). The summed E-state index contributed by atoms with van der Waals surface area (Å²) in [6.45, 7) is 2.54. The summed E-state index contributed by atoms with van der Waals surface area (Å²) in [5.74, 6) is 1.67. The van der Waals surface area contributed by atoms with Gasteiger partial charge in [-0.2, -0.15) is 11.8 Å². The van der Waals surface area contributed by atoms with E-state index in [1.54, 1.807) is 24.2 Å². The van der Waals surface area contributed by atoms with Gasteiger partial charge in [-0.05, 0) is 31.4 Å². The fourth-order valence-electron chi connectivity index (χ4n) is 1.26. The number of pyridine rings is 1. The van der Waals surface area contributed by atoms with Gasteiger partial charge in [0.15, 0.2) is 0 Å². The van der Waals surface area contributed by atoms with Gasteiger partial charge in [0.1, 0.15) is 5.75 Å². The topological polar surface area (TPSA) is 42.4 Å². The highest BCUT2D eigenvalue weighted by molar-refractivity contribution is 7.98. The lowest BCUT2D eigenvalue weighted by atomic mass is 10.1. The lowest BCUT2D eigenvalue weighted by Crippen LogP contribution is -2.01. The second kappa shape index (κ2) is 6.69. The van der Waals surface area contributed by atoms with Crippen LogP contribution >= 0.6 is 11.8 Å². The van der Waals surface area contributed by atoms with Gasteiger partial charge in [-0.1, -0.05) is 0 Å². The van der Waals surface area contributed by atoms with Crippen molar-refractivity contribution in [1.82, 2.24) is 4.98 Å². The Morgan fingerprint density at radius 2 is 2.33 bits per heavy atom. The zero-order valence-corrected chi connectivity index (χ0v) is 9.96. The van der Waals surface area contributed by atoms with Crippen molar-refractivity contribution in [2.75, 3.05) is 18.6 Å². The van der Waals surface area contributed by atoms with Gasteiger partial charge in [0.25, 0.3) is 0 Å². The largest absolute Gasteiger partial charge is 0.492 e. The van der Waals surface area contributed by atoms with Crippen LogP contribution in [0.25, 0.3) is 0 Å². The number of nitrogens with zero attached hydrogens (tertiary/aromatic N) is 1. The summed E-state index contributed by atoms with van der Waals surface area (Å²) in [6.07, 6.45) is 5.69. The Hall–Kier alpha value is -0.740. The van der Waals surface area contributed by atoms with Gasteiger partial charge in [-0.3, -0.25) is 4.98 Å². The second-order valence-electron chi connectivity index (χ2n) is 3.18. The van der Waals surface area contributed by atoms with Crippen molar-refractivity contribution in [3.63, 3.8) is 0 Å². The summed E-state index contributed by atoms with van der Waals surface area (Å²) in [5, 5.41) is 9.84. The van der Waals surface area contributed by atoms with Crippen LogP contribution in [0.5, 0.6) is 5.75 Å². The molecule has 0 amide bonds. The number of aliphatic hydroxyl groups excluding tert-OH is 1. The maximum atomic E-state index is 9.84. The lowest BCUT2D eigenvalue weighted by molar-refractivity contribution is 0.174. The van der Waals surface area contributed by atoms with Gasteiger partial charge < -0.3 is 9.84 Å². The Balaban J connectivity index is 2.62. The van der Waals surface area contributed by atoms with Crippen molar-refractivity contribution < 1.29 is 9.84 Å². The molecule has 0 radical (unpaired) electrons. The number of hydrogen-bond acceptors (Lipinski definition) is 4. The van der Waals surface area contributed by atoms with Crippen LogP contribution in [-0.2, 0) is 0 Å². The molecule has 0 fully saturated rings. The molecule has 1 N–H and O–H groups in total. The molecule has 1 unspecified atom stereocenters. The fourth-order valence-corrected chi connectivity index (χ4v) is 1.72. The Morgan fingerprint density at radius 1 is 1.53 bits per heavy atom. The molecular formula is C11H17NO2S. The first kappa shape index (κ1) is 12.3. The highest BCUT2D eigenvalue weighted by Crippen LogP contribution is 2.21. The van der Waals surface area contributed by atoms with E-state index in [0.717, 1.165) is 23.5 Å². The van der Waals surface area contributed by atoms with Gasteiger partial charge in [-0.25, -0.2) is 0 Å². The molecule has 1 heterocycles. The van der Waals surface area contributed by atoms with Crippen molar-refractivity contribution >= 4 is 11.8 Å². The number of aromatic nitrogens is 1. The van der Waals surface area contributed by atoms with Crippen molar-refractivity contribution in [2.24, 2.45) is 0 Å². The predicted octanol–water partition coefficient (Wildman–Crippen LogP) is 2.27. The monoisotopic (exact) mass is 227 g/mol. The highest BCUT2D eigenvalue weighted by Gasteiger charge is 2.08.